The van der Waals surface area contributed by atoms with Gasteiger partial charge in [-0.25, -0.2) is 4.79 Å². The van der Waals surface area contributed by atoms with Crippen LogP contribution in [0.15, 0.2) is 36.7 Å². The molecule has 1 aromatic carbocycles. The highest BCUT2D eigenvalue weighted by molar-refractivity contribution is 5.94. The van der Waals surface area contributed by atoms with E-state index in [4.69, 9.17) is 0 Å². The average Bonchev–Trinajstić information content (AvgIpc) is 3.05. The van der Waals surface area contributed by atoms with Crippen LogP contribution in [0.4, 0.5) is 10.5 Å². The number of anilines is 1. The summed E-state index contributed by atoms with van der Waals surface area (Å²) in [5, 5.41) is 7.09. The second kappa shape index (κ2) is 5.36. The fraction of sp³-hybridized carbons (Fsp3) is 0.333. The van der Waals surface area contributed by atoms with Crippen LogP contribution in [-0.4, -0.2) is 28.9 Å². The summed E-state index contributed by atoms with van der Waals surface area (Å²) in [4.78, 5) is 14.0. The van der Waals surface area contributed by atoms with Crippen molar-refractivity contribution >= 4 is 11.7 Å². The van der Waals surface area contributed by atoms with Gasteiger partial charge in [0.1, 0.15) is 0 Å². The molecule has 0 radical (unpaired) electrons. The second-order valence-electron chi connectivity index (χ2n) is 5.03. The Morgan fingerprint density at radius 3 is 3.05 bits per heavy atom. The Balaban J connectivity index is 1.55. The summed E-state index contributed by atoms with van der Waals surface area (Å²) in [6, 6.07) is 8.06. The molecule has 20 heavy (non-hydrogen) atoms. The quantitative estimate of drug-likeness (QED) is 0.923. The van der Waals surface area contributed by atoms with Crippen LogP contribution < -0.4 is 10.2 Å². The molecular formula is C15H18N4O. The maximum absolute atomic E-state index is 12.2. The first-order valence-corrected chi connectivity index (χ1v) is 6.85. The molecule has 2 aromatic rings. The lowest BCUT2D eigenvalue weighted by atomic mass is 10.2. The van der Waals surface area contributed by atoms with E-state index in [1.807, 2.05) is 42.5 Å². The Labute approximate surface area is 118 Å². The maximum Gasteiger partial charge on any atom is 0.321 e. The number of aryl methyl sites for hydroxylation is 1. The molecule has 0 aliphatic carbocycles. The van der Waals surface area contributed by atoms with Crippen LogP contribution in [0.25, 0.3) is 0 Å². The van der Waals surface area contributed by atoms with Crippen molar-refractivity contribution in [2.75, 3.05) is 18.0 Å². The van der Waals surface area contributed by atoms with Gasteiger partial charge >= 0.3 is 6.03 Å². The SMILES string of the molecule is Cn1cc(CCNC(=O)N2CCc3ccccc32)cn1. The largest absolute Gasteiger partial charge is 0.337 e. The highest BCUT2D eigenvalue weighted by Crippen LogP contribution is 2.27. The van der Waals surface area contributed by atoms with Crippen molar-refractivity contribution in [2.24, 2.45) is 7.05 Å². The van der Waals surface area contributed by atoms with Crippen molar-refractivity contribution in [3.8, 4) is 0 Å². The minimum absolute atomic E-state index is 0.0150. The molecule has 1 aliphatic rings. The van der Waals surface area contributed by atoms with Crippen LogP contribution in [0.5, 0.6) is 0 Å². The number of para-hydroxylation sites is 1. The van der Waals surface area contributed by atoms with Crippen LogP contribution in [0, 0.1) is 0 Å². The summed E-state index contributed by atoms with van der Waals surface area (Å²) in [5.41, 5.74) is 3.41. The van der Waals surface area contributed by atoms with Gasteiger partial charge in [0, 0.05) is 32.0 Å². The fourth-order valence-corrected chi connectivity index (χ4v) is 2.56. The molecular weight excluding hydrogens is 252 g/mol. The van der Waals surface area contributed by atoms with Gasteiger partial charge in [0.05, 0.1) is 6.20 Å². The number of nitrogens with zero attached hydrogens (tertiary/aromatic N) is 3. The van der Waals surface area contributed by atoms with Crippen LogP contribution in [-0.2, 0) is 19.9 Å². The molecule has 1 aromatic heterocycles. The molecule has 2 heterocycles. The molecule has 1 aliphatic heterocycles. The van der Waals surface area contributed by atoms with E-state index in [0.29, 0.717) is 6.54 Å². The summed E-state index contributed by atoms with van der Waals surface area (Å²) in [7, 11) is 1.89. The van der Waals surface area contributed by atoms with Gasteiger partial charge in [0.2, 0.25) is 0 Å². The number of benzene rings is 1. The molecule has 0 fully saturated rings. The Kier molecular flexibility index (Phi) is 3.41. The van der Waals surface area contributed by atoms with Crippen molar-refractivity contribution in [3.63, 3.8) is 0 Å². The van der Waals surface area contributed by atoms with Crippen LogP contribution in [0.2, 0.25) is 0 Å². The molecule has 2 amide bonds. The lowest BCUT2D eigenvalue weighted by Crippen LogP contribution is -2.39. The number of hydrogen-bond donors (Lipinski definition) is 1. The number of carbonyl (C=O) groups excluding carboxylic acids is 1. The lowest BCUT2D eigenvalue weighted by molar-refractivity contribution is 0.247. The summed E-state index contributed by atoms with van der Waals surface area (Å²) in [6.45, 7) is 1.39. The standard InChI is InChI=1S/C15H18N4O/c1-18-11-12(10-17-18)6-8-16-15(20)19-9-7-13-4-2-3-5-14(13)19/h2-5,10-11H,6-9H2,1H3,(H,16,20). The van der Waals surface area contributed by atoms with Gasteiger partial charge in [-0.1, -0.05) is 18.2 Å². The van der Waals surface area contributed by atoms with Gasteiger partial charge in [-0.2, -0.15) is 5.10 Å². The highest BCUT2D eigenvalue weighted by atomic mass is 16.2. The third kappa shape index (κ3) is 2.52. The summed E-state index contributed by atoms with van der Waals surface area (Å²) in [6.07, 6.45) is 5.54. The first kappa shape index (κ1) is 12.7. The third-order valence-corrected chi connectivity index (χ3v) is 3.58. The predicted octanol–water partition coefficient (Wildman–Crippen LogP) is 1.73. The van der Waals surface area contributed by atoms with E-state index in [0.717, 1.165) is 30.6 Å². The zero-order valence-corrected chi connectivity index (χ0v) is 11.5. The molecule has 0 unspecified atom stereocenters. The normalized spacial score (nSPS) is 13.3. The highest BCUT2D eigenvalue weighted by Gasteiger charge is 2.23. The Bertz CT molecular complexity index is 620. The Morgan fingerprint density at radius 2 is 2.25 bits per heavy atom. The molecule has 0 spiro atoms. The smallest absolute Gasteiger partial charge is 0.321 e. The van der Waals surface area contributed by atoms with E-state index in [9.17, 15) is 4.79 Å². The monoisotopic (exact) mass is 270 g/mol. The van der Waals surface area contributed by atoms with Crippen molar-refractivity contribution < 1.29 is 4.79 Å². The van der Waals surface area contributed by atoms with Gasteiger partial charge < -0.3 is 5.32 Å². The number of nitrogens with one attached hydrogen (secondary N) is 1. The molecule has 5 heteroatoms. The number of fused-ring (bicyclic) bond motifs is 1. The summed E-state index contributed by atoms with van der Waals surface area (Å²) in [5.74, 6) is 0. The van der Waals surface area contributed by atoms with E-state index in [1.54, 1.807) is 4.68 Å². The zero-order chi connectivity index (χ0) is 13.9. The number of aromatic nitrogens is 2. The van der Waals surface area contributed by atoms with E-state index in [1.165, 1.54) is 5.56 Å². The summed E-state index contributed by atoms with van der Waals surface area (Å²) >= 11 is 0. The molecule has 0 bridgehead atoms. The minimum atomic E-state index is -0.0150. The molecule has 1 N–H and O–H groups in total. The lowest BCUT2D eigenvalue weighted by Gasteiger charge is -2.17. The molecule has 0 saturated carbocycles. The minimum Gasteiger partial charge on any atom is -0.337 e. The Morgan fingerprint density at radius 1 is 1.40 bits per heavy atom. The fourth-order valence-electron chi connectivity index (χ4n) is 2.56. The number of hydrogen-bond acceptors (Lipinski definition) is 2. The molecule has 0 atom stereocenters. The van der Waals surface area contributed by atoms with Crippen molar-refractivity contribution in [1.29, 1.82) is 0 Å². The van der Waals surface area contributed by atoms with Gasteiger partial charge in [-0.3, -0.25) is 9.58 Å². The number of rotatable bonds is 3. The molecule has 5 nitrogen and oxygen atoms in total. The zero-order valence-electron chi connectivity index (χ0n) is 11.5. The van der Waals surface area contributed by atoms with Gasteiger partial charge in [0.25, 0.3) is 0 Å². The van der Waals surface area contributed by atoms with Crippen molar-refractivity contribution in [1.82, 2.24) is 15.1 Å². The van der Waals surface area contributed by atoms with E-state index < -0.39 is 0 Å². The van der Waals surface area contributed by atoms with E-state index in [2.05, 4.69) is 16.5 Å². The van der Waals surface area contributed by atoms with Crippen molar-refractivity contribution in [2.45, 2.75) is 12.8 Å². The molecule has 104 valence electrons. The topological polar surface area (TPSA) is 50.2 Å². The number of carbonyl (C=O) groups is 1. The average molecular weight is 270 g/mol. The van der Waals surface area contributed by atoms with Crippen molar-refractivity contribution in [3.05, 3.63) is 47.8 Å². The predicted molar refractivity (Wildman–Crippen MR) is 77.8 cm³/mol. The van der Waals surface area contributed by atoms with Crippen LogP contribution in [0.1, 0.15) is 11.1 Å². The van der Waals surface area contributed by atoms with E-state index >= 15 is 0 Å². The van der Waals surface area contributed by atoms with Gasteiger partial charge in [0.15, 0.2) is 0 Å². The van der Waals surface area contributed by atoms with E-state index in [-0.39, 0.29) is 6.03 Å². The molecule has 0 saturated heterocycles. The maximum atomic E-state index is 12.2. The third-order valence-electron chi connectivity index (χ3n) is 3.58. The van der Waals surface area contributed by atoms with Gasteiger partial charge in [-0.05, 0) is 30.0 Å². The number of amides is 2. The second-order valence-corrected chi connectivity index (χ2v) is 5.03. The number of urea groups is 1. The first-order valence-electron chi connectivity index (χ1n) is 6.85. The first-order chi connectivity index (χ1) is 9.74. The van der Waals surface area contributed by atoms with Crippen LogP contribution in [0.3, 0.4) is 0 Å². The van der Waals surface area contributed by atoms with Crippen LogP contribution >= 0.6 is 0 Å². The summed E-state index contributed by atoms with van der Waals surface area (Å²) < 4.78 is 1.77. The van der Waals surface area contributed by atoms with Gasteiger partial charge in [-0.15, -0.1) is 0 Å². The molecule has 3 rings (SSSR count). The Hall–Kier alpha value is -2.30.